The topological polar surface area (TPSA) is 70.6 Å². The molecule has 1 rings (SSSR count). The zero-order valence-electron chi connectivity index (χ0n) is 9.83. The summed E-state index contributed by atoms with van der Waals surface area (Å²) in [6, 6.07) is 6.28. The standard InChI is InChI=1S/C12H19N3O/c1-9-5-6-11(8-10(9)2)14-7-3-4-12(13)15-16/h5-6,8,14,16H,3-4,7H2,1-2H3,(H2,13,15). The Balaban J connectivity index is 2.35. The lowest BCUT2D eigenvalue weighted by molar-refractivity contribution is 0.316. The van der Waals surface area contributed by atoms with Crippen molar-refractivity contribution in [2.75, 3.05) is 11.9 Å². The van der Waals surface area contributed by atoms with E-state index in [9.17, 15) is 0 Å². The molecule has 0 bridgehead atoms. The molecule has 0 saturated carbocycles. The smallest absolute Gasteiger partial charge is 0.139 e. The highest BCUT2D eigenvalue weighted by atomic mass is 16.4. The van der Waals surface area contributed by atoms with Gasteiger partial charge in [-0.2, -0.15) is 0 Å². The third-order valence-corrected chi connectivity index (χ3v) is 2.57. The average Bonchev–Trinajstić information content (AvgIpc) is 2.28. The first-order valence-corrected chi connectivity index (χ1v) is 5.41. The van der Waals surface area contributed by atoms with Crippen molar-refractivity contribution >= 4 is 11.5 Å². The Hall–Kier alpha value is -1.71. The highest BCUT2D eigenvalue weighted by molar-refractivity contribution is 5.79. The molecule has 0 unspecified atom stereocenters. The molecule has 0 heterocycles. The highest BCUT2D eigenvalue weighted by Crippen LogP contribution is 2.13. The van der Waals surface area contributed by atoms with Crippen LogP contribution in [-0.2, 0) is 0 Å². The van der Waals surface area contributed by atoms with Crippen LogP contribution in [0.15, 0.2) is 23.4 Å². The molecule has 4 N–H and O–H groups in total. The number of benzene rings is 1. The van der Waals surface area contributed by atoms with Crippen molar-refractivity contribution in [3.05, 3.63) is 29.3 Å². The largest absolute Gasteiger partial charge is 0.409 e. The summed E-state index contributed by atoms with van der Waals surface area (Å²) >= 11 is 0. The Morgan fingerprint density at radius 3 is 2.75 bits per heavy atom. The Labute approximate surface area is 96.2 Å². The predicted octanol–water partition coefficient (Wildman–Crippen LogP) is 2.24. The van der Waals surface area contributed by atoms with Crippen LogP contribution in [0, 0.1) is 13.8 Å². The summed E-state index contributed by atoms with van der Waals surface area (Å²) in [7, 11) is 0. The summed E-state index contributed by atoms with van der Waals surface area (Å²) in [5, 5.41) is 14.6. The van der Waals surface area contributed by atoms with Gasteiger partial charge in [0, 0.05) is 18.7 Å². The van der Waals surface area contributed by atoms with Crippen LogP contribution in [0.25, 0.3) is 0 Å². The van der Waals surface area contributed by atoms with Crippen LogP contribution < -0.4 is 11.1 Å². The molecule has 0 fully saturated rings. The molecule has 0 aromatic heterocycles. The SMILES string of the molecule is Cc1ccc(NCCCC(N)=NO)cc1C. The fourth-order valence-corrected chi connectivity index (χ4v) is 1.40. The van der Waals surface area contributed by atoms with Gasteiger partial charge in [0.2, 0.25) is 0 Å². The molecule has 0 radical (unpaired) electrons. The van der Waals surface area contributed by atoms with Gasteiger partial charge in [-0.25, -0.2) is 0 Å². The van der Waals surface area contributed by atoms with Crippen LogP contribution in [0.1, 0.15) is 24.0 Å². The minimum Gasteiger partial charge on any atom is -0.409 e. The van der Waals surface area contributed by atoms with E-state index in [1.54, 1.807) is 0 Å². The Morgan fingerprint density at radius 1 is 1.38 bits per heavy atom. The first-order valence-electron chi connectivity index (χ1n) is 5.41. The number of anilines is 1. The molecule has 0 atom stereocenters. The van der Waals surface area contributed by atoms with Gasteiger partial charge in [0.25, 0.3) is 0 Å². The molecule has 0 saturated heterocycles. The number of amidine groups is 1. The second-order valence-corrected chi connectivity index (χ2v) is 3.92. The third-order valence-electron chi connectivity index (χ3n) is 2.57. The molecule has 4 nitrogen and oxygen atoms in total. The van der Waals surface area contributed by atoms with Gasteiger partial charge in [-0.15, -0.1) is 0 Å². The maximum Gasteiger partial charge on any atom is 0.139 e. The van der Waals surface area contributed by atoms with Gasteiger partial charge in [0.1, 0.15) is 5.84 Å². The number of nitrogens with one attached hydrogen (secondary N) is 1. The summed E-state index contributed by atoms with van der Waals surface area (Å²) in [5.74, 6) is 0.280. The molecule has 0 amide bonds. The first kappa shape index (κ1) is 12.4. The molecule has 0 aliphatic carbocycles. The number of hydrogen-bond donors (Lipinski definition) is 3. The van der Waals surface area contributed by atoms with E-state index in [2.05, 4.69) is 42.5 Å². The lowest BCUT2D eigenvalue weighted by Crippen LogP contribution is -2.13. The maximum absolute atomic E-state index is 8.36. The molecule has 0 spiro atoms. The summed E-state index contributed by atoms with van der Waals surface area (Å²) in [6.45, 7) is 5.01. The van der Waals surface area contributed by atoms with Crippen molar-refractivity contribution in [1.29, 1.82) is 0 Å². The van der Waals surface area contributed by atoms with Crippen molar-refractivity contribution in [3.63, 3.8) is 0 Å². The quantitative estimate of drug-likeness (QED) is 0.235. The van der Waals surface area contributed by atoms with Crippen molar-refractivity contribution < 1.29 is 5.21 Å². The Morgan fingerprint density at radius 2 is 2.12 bits per heavy atom. The van der Waals surface area contributed by atoms with E-state index in [1.807, 2.05) is 0 Å². The molecule has 16 heavy (non-hydrogen) atoms. The molecule has 0 aliphatic heterocycles. The van der Waals surface area contributed by atoms with Gasteiger partial charge in [-0.1, -0.05) is 11.2 Å². The van der Waals surface area contributed by atoms with Crippen molar-refractivity contribution in [2.45, 2.75) is 26.7 Å². The molecule has 88 valence electrons. The maximum atomic E-state index is 8.36. The van der Waals surface area contributed by atoms with Gasteiger partial charge in [-0.05, 0) is 43.5 Å². The first-order chi connectivity index (χ1) is 7.63. The fraction of sp³-hybridized carbons (Fsp3) is 0.417. The monoisotopic (exact) mass is 221 g/mol. The minimum absolute atomic E-state index is 0.280. The number of nitrogens with two attached hydrogens (primary N) is 1. The van der Waals surface area contributed by atoms with Crippen molar-refractivity contribution in [1.82, 2.24) is 0 Å². The van der Waals surface area contributed by atoms with Gasteiger partial charge < -0.3 is 16.3 Å². The second kappa shape index (κ2) is 6.00. The van der Waals surface area contributed by atoms with Crippen LogP contribution in [-0.4, -0.2) is 17.6 Å². The van der Waals surface area contributed by atoms with E-state index < -0.39 is 0 Å². The average molecular weight is 221 g/mol. The number of oxime groups is 1. The number of aryl methyl sites for hydroxylation is 2. The van der Waals surface area contributed by atoms with E-state index in [0.717, 1.165) is 18.7 Å². The van der Waals surface area contributed by atoms with Crippen LogP contribution in [0.2, 0.25) is 0 Å². The normalized spacial score (nSPS) is 11.5. The number of nitrogens with zero attached hydrogens (tertiary/aromatic N) is 1. The van der Waals surface area contributed by atoms with E-state index in [1.165, 1.54) is 11.1 Å². The third kappa shape index (κ3) is 3.81. The summed E-state index contributed by atoms with van der Waals surface area (Å²) < 4.78 is 0. The van der Waals surface area contributed by atoms with Crippen LogP contribution in [0.4, 0.5) is 5.69 Å². The van der Waals surface area contributed by atoms with Gasteiger partial charge in [-0.3, -0.25) is 0 Å². The minimum atomic E-state index is 0.280. The van der Waals surface area contributed by atoms with E-state index >= 15 is 0 Å². The van der Waals surface area contributed by atoms with Crippen molar-refractivity contribution in [2.24, 2.45) is 10.9 Å². The van der Waals surface area contributed by atoms with Crippen LogP contribution in [0.5, 0.6) is 0 Å². The molecule has 1 aromatic rings. The molecular formula is C12H19N3O. The number of rotatable bonds is 5. The van der Waals surface area contributed by atoms with E-state index in [4.69, 9.17) is 10.9 Å². The Kier molecular flexibility index (Phi) is 4.64. The lowest BCUT2D eigenvalue weighted by atomic mass is 10.1. The van der Waals surface area contributed by atoms with E-state index in [-0.39, 0.29) is 5.84 Å². The number of hydrogen-bond acceptors (Lipinski definition) is 3. The van der Waals surface area contributed by atoms with Gasteiger partial charge >= 0.3 is 0 Å². The van der Waals surface area contributed by atoms with Gasteiger partial charge in [0.15, 0.2) is 0 Å². The van der Waals surface area contributed by atoms with Crippen LogP contribution >= 0.6 is 0 Å². The Bertz CT molecular complexity index is 375. The molecular weight excluding hydrogens is 202 g/mol. The summed E-state index contributed by atoms with van der Waals surface area (Å²) in [5.41, 5.74) is 9.05. The fourth-order valence-electron chi connectivity index (χ4n) is 1.40. The highest BCUT2D eigenvalue weighted by Gasteiger charge is 1.96. The van der Waals surface area contributed by atoms with E-state index in [0.29, 0.717) is 6.42 Å². The second-order valence-electron chi connectivity index (χ2n) is 3.92. The molecule has 0 aliphatic rings. The van der Waals surface area contributed by atoms with Crippen molar-refractivity contribution in [3.8, 4) is 0 Å². The summed E-state index contributed by atoms with van der Waals surface area (Å²) in [4.78, 5) is 0. The lowest BCUT2D eigenvalue weighted by Gasteiger charge is -2.08. The molecule has 4 heteroatoms. The predicted molar refractivity (Wildman–Crippen MR) is 67.0 cm³/mol. The zero-order valence-corrected chi connectivity index (χ0v) is 9.83. The van der Waals surface area contributed by atoms with Gasteiger partial charge in [0.05, 0.1) is 0 Å². The van der Waals surface area contributed by atoms with Crippen LogP contribution in [0.3, 0.4) is 0 Å². The zero-order chi connectivity index (χ0) is 12.0. The molecule has 1 aromatic carbocycles. The summed E-state index contributed by atoms with van der Waals surface area (Å²) in [6.07, 6.45) is 1.46.